The van der Waals surface area contributed by atoms with E-state index in [1.165, 1.54) is 5.48 Å². The summed E-state index contributed by atoms with van der Waals surface area (Å²) in [6.45, 7) is 5.31. The standard InChI is InChI=1S/C15H22N2O5/c1-15(2,3)22-14(19)16-12(13(18)17-20)10-21-9-11-7-5-4-6-8-11/h4-8,12,20H,9-10H2,1-3H3,(H,16,19)(H,17,18)/t12-/m1/s1. The fourth-order valence-electron chi connectivity index (χ4n) is 1.58. The lowest BCUT2D eigenvalue weighted by molar-refractivity contribution is -0.133. The normalized spacial score (nSPS) is 12.4. The van der Waals surface area contributed by atoms with Crippen LogP contribution in [0.15, 0.2) is 30.3 Å². The van der Waals surface area contributed by atoms with E-state index in [1.54, 1.807) is 20.8 Å². The Balaban J connectivity index is 2.50. The summed E-state index contributed by atoms with van der Waals surface area (Å²) in [5.74, 6) is -0.779. The Labute approximate surface area is 129 Å². The largest absolute Gasteiger partial charge is 0.444 e. The van der Waals surface area contributed by atoms with Crippen LogP contribution in [0, 0.1) is 0 Å². The van der Waals surface area contributed by atoms with Gasteiger partial charge in [0.1, 0.15) is 11.6 Å². The Kier molecular flexibility index (Phi) is 6.81. The molecule has 0 bridgehead atoms. The molecule has 1 rings (SSSR count). The van der Waals surface area contributed by atoms with Gasteiger partial charge in [-0.25, -0.2) is 10.3 Å². The molecule has 1 atom stereocenters. The van der Waals surface area contributed by atoms with E-state index >= 15 is 0 Å². The lowest BCUT2D eigenvalue weighted by Crippen LogP contribution is -2.49. The Bertz CT molecular complexity index is 484. The number of rotatable bonds is 6. The van der Waals surface area contributed by atoms with Crippen LogP contribution in [-0.4, -0.2) is 35.5 Å². The molecule has 3 N–H and O–H groups in total. The Morgan fingerprint density at radius 1 is 1.23 bits per heavy atom. The maximum absolute atomic E-state index is 11.7. The number of hydrogen-bond acceptors (Lipinski definition) is 5. The first-order chi connectivity index (χ1) is 10.3. The first-order valence-corrected chi connectivity index (χ1v) is 6.87. The Morgan fingerprint density at radius 3 is 2.41 bits per heavy atom. The number of nitrogens with one attached hydrogen (secondary N) is 2. The first-order valence-electron chi connectivity index (χ1n) is 6.87. The predicted octanol–water partition coefficient (Wildman–Crippen LogP) is 1.60. The summed E-state index contributed by atoms with van der Waals surface area (Å²) in [6.07, 6.45) is -0.760. The van der Waals surface area contributed by atoms with E-state index in [4.69, 9.17) is 14.7 Å². The van der Waals surface area contributed by atoms with Gasteiger partial charge in [-0.3, -0.25) is 10.0 Å². The van der Waals surface area contributed by atoms with Crippen molar-refractivity contribution in [2.45, 2.75) is 39.0 Å². The van der Waals surface area contributed by atoms with Gasteiger partial charge < -0.3 is 14.8 Å². The third-order valence-corrected chi connectivity index (χ3v) is 2.51. The maximum atomic E-state index is 11.7. The van der Waals surface area contributed by atoms with Crippen LogP contribution in [0.2, 0.25) is 0 Å². The number of benzene rings is 1. The number of ether oxygens (including phenoxy) is 2. The zero-order valence-electron chi connectivity index (χ0n) is 13.0. The second-order valence-electron chi connectivity index (χ2n) is 5.68. The van der Waals surface area contributed by atoms with Crippen molar-refractivity contribution in [1.82, 2.24) is 10.8 Å². The van der Waals surface area contributed by atoms with Gasteiger partial charge in [-0.2, -0.15) is 0 Å². The highest BCUT2D eigenvalue weighted by Crippen LogP contribution is 2.07. The van der Waals surface area contributed by atoms with Crippen LogP contribution in [0.25, 0.3) is 0 Å². The molecule has 0 spiro atoms. The van der Waals surface area contributed by atoms with Gasteiger partial charge in [0.15, 0.2) is 0 Å². The van der Waals surface area contributed by atoms with Gasteiger partial charge in [-0.1, -0.05) is 30.3 Å². The van der Waals surface area contributed by atoms with Gasteiger partial charge >= 0.3 is 6.09 Å². The highest BCUT2D eigenvalue weighted by Gasteiger charge is 2.24. The van der Waals surface area contributed by atoms with Crippen LogP contribution < -0.4 is 10.8 Å². The second-order valence-corrected chi connectivity index (χ2v) is 5.68. The van der Waals surface area contributed by atoms with Crippen LogP contribution >= 0.6 is 0 Å². The number of carbonyl (C=O) groups is 2. The fourth-order valence-corrected chi connectivity index (χ4v) is 1.58. The molecule has 22 heavy (non-hydrogen) atoms. The van der Waals surface area contributed by atoms with Crippen molar-refractivity contribution in [2.75, 3.05) is 6.61 Å². The molecule has 0 saturated heterocycles. The molecule has 0 aliphatic rings. The lowest BCUT2D eigenvalue weighted by Gasteiger charge is -2.22. The molecule has 7 nitrogen and oxygen atoms in total. The van der Waals surface area contributed by atoms with Crippen molar-refractivity contribution in [3.05, 3.63) is 35.9 Å². The van der Waals surface area contributed by atoms with Gasteiger partial charge in [0, 0.05) is 0 Å². The molecular weight excluding hydrogens is 288 g/mol. The summed E-state index contributed by atoms with van der Waals surface area (Å²) < 4.78 is 10.5. The highest BCUT2D eigenvalue weighted by atomic mass is 16.6. The molecule has 1 aromatic rings. The minimum Gasteiger partial charge on any atom is -0.444 e. The summed E-state index contributed by atoms with van der Waals surface area (Å²) in [6, 6.07) is 8.33. The molecule has 0 fully saturated rings. The van der Waals surface area contributed by atoms with Crippen LogP contribution in [0.1, 0.15) is 26.3 Å². The Hall–Kier alpha value is -2.12. The first kappa shape index (κ1) is 17.9. The number of amides is 2. The van der Waals surface area contributed by atoms with Crippen LogP contribution in [0.3, 0.4) is 0 Å². The zero-order valence-corrected chi connectivity index (χ0v) is 13.0. The molecule has 1 aromatic carbocycles. The molecule has 122 valence electrons. The zero-order chi connectivity index (χ0) is 16.6. The van der Waals surface area contributed by atoms with Crippen LogP contribution in [0.4, 0.5) is 4.79 Å². The molecular formula is C15H22N2O5. The smallest absolute Gasteiger partial charge is 0.408 e. The molecule has 7 heteroatoms. The van der Waals surface area contributed by atoms with Crippen LogP contribution in [0.5, 0.6) is 0 Å². The number of carbonyl (C=O) groups excluding carboxylic acids is 2. The summed E-state index contributed by atoms with van der Waals surface area (Å²) in [5, 5.41) is 11.1. The van der Waals surface area contributed by atoms with Gasteiger partial charge in [-0.05, 0) is 26.3 Å². The average Bonchev–Trinajstić information content (AvgIpc) is 2.44. The fraction of sp³-hybridized carbons (Fsp3) is 0.467. The predicted molar refractivity (Wildman–Crippen MR) is 79.2 cm³/mol. The van der Waals surface area contributed by atoms with Gasteiger partial charge in [0.05, 0.1) is 13.2 Å². The SMILES string of the molecule is CC(C)(C)OC(=O)N[C@H](COCc1ccccc1)C(=O)NO. The summed E-state index contributed by atoms with van der Waals surface area (Å²) in [4.78, 5) is 23.2. The Morgan fingerprint density at radius 2 is 1.86 bits per heavy atom. The summed E-state index contributed by atoms with van der Waals surface area (Å²) in [5.41, 5.74) is 1.74. The van der Waals surface area contributed by atoms with E-state index < -0.39 is 23.6 Å². The molecule has 0 heterocycles. The van der Waals surface area contributed by atoms with Gasteiger partial charge in [0.2, 0.25) is 0 Å². The van der Waals surface area contributed by atoms with Gasteiger partial charge in [0.25, 0.3) is 5.91 Å². The molecule has 0 aliphatic heterocycles. The van der Waals surface area contributed by atoms with Crippen molar-refractivity contribution >= 4 is 12.0 Å². The van der Waals surface area contributed by atoms with Crippen LogP contribution in [-0.2, 0) is 20.9 Å². The van der Waals surface area contributed by atoms with Crippen molar-refractivity contribution in [2.24, 2.45) is 0 Å². The van der Waals surface area contributed by atoms with E-state index in [2.05, 4.69) is 5.32 Å². The average molecular weight is 310 g/mol. The van der Waals surface area contributed by atoms with E-state index in [1.807, 2.05) is 30.3 Å². The molecule has 0 saturated carbocycles. The highest BCUT2D eigenvalue weighted by molar-refractivity contribution is 5.84. The third-order valence-electron chi connectivity index (χ3n) is 2.51. The van der Waals surface area contributed by atoms with E-state index in [9.17, 15) is 9.59 Å². The molecule has 0 aromatic heterocycles. The van der Waals surface area contributed by atoms with Crippen molar-refractivity contribution < 1.29 is 24.3 Å². The molecule has 0 aliphatic carbocycles. The topological polar surface area (TPSA) is 96.9 Å². The third kappa shape index (κ3) is 7.05. The van der Waals surface area contributed by atoms with Crippen molar-refractivity contribution in [3.8, 4) is 0 Å². The maximum Gasteiger partial charge on any atom is 0.408 e. The second kappa shape index (κ2) is 8.35. The van der Waals surface area contributed by atoms with E-state index in [0.717, 1.165) is 5.56 Å². The van der Waals surface area contributed by atoms with Gasteiger partial charge in [-0.15, -0.1) is 0 Å². The monoisotopic (exact) mass is 310 g/mol. The minimum atomic E-state index is -1.05. The van der Waals surface area contributed by atoms with Crippen molar-refractivity contribution in [1.29, 1.82) is 0 Å². The van der Waals surface area contributed by atoms with Crippen molar-refractivity contribution in [3.63, 3.8) is 0 Å². The lowest BCUT2D eigenvalue weighted by atomic mass is 10.2. The van der Waals surface area contributed by atoms with E-state index in [-0.39, 0.29) is 13.2 Å². The molecule has 2 amide bonds. The van der Waals surface area contributed by atoms with E-state index in [0.29, 0.717) is 0 Å². The number of alkyl carbamates (subject to hydrolysis) is 1. The molecule has 0 unspecified atom stereocenters. The summed E-state index contributed by atoms with van der Waals surface area (Å²) >= 11 is 0. The quantitative estimate of drug-likeness (QED) is 0.548. The minimum absolute atomic E-state index is 0.0967. The molecule has 0 radical (unpaired) electrons. The summed E-state index contributed by atoms with van der Waals surface area (Å²) in [7, 11) is 0. The number of hydrogen-bond donors (Lipinski definition) is 3. The number of hydroxylamine groups is 1.